The van der Waals surface area contributed by atoms with Crippen molar-refractivity contribution in [2.24, 2.45) is 0 Å². The Hall–Kier alpha value is -2.21. The Morgan fingerprint density at radius 1 is 1.21 bits per heavy atom. The van der Waals surface area contributed by atoms with E-state index in [0.29, 0.717) is 17.4 Å². The second-order valence-electron chi connectivity index (χ2n) is 5.96. The lowest BCUT2D eigenvalue weighted by Crippen LogP contribution is -2.44. The first-order chi connectivity index (χ1) is 11.5. The molecule has 3 rings (SSSR count). The van der Waals surface area contributed by atoms with Crippen LogP contribution in [0.1, 0.15) is 27.2 Å². The largest absolute Gasteiger partial charge is 0.459 e. The van der Waals surface area contributed by atoms with Crippen molar-refractivity contribution in [3.8, 4) is 0 Å². The Morgan fingerprint density at radius 2 is 2.00 bits per heavy atom. The van der Waals surface area contributed by atoms with Gasteiger partial charge in [-0.15, -0.1) is 11.8 Å². The number of anilines is 1. The summed E-state index contributed by atoms with van der Waals surface area (Å²) in [6, 6.07) is 7.06. The molecule has 6 heteroatoms. The predicted molar refractivity (Wildman–Crippen MR) is 95.3 cm³/mol. The van der Waals surface area contributed by atoms with E-state index in [1.165, 1.54) is 6.26 Å². The van der Waals surface area contributed by atoms with Crippen molar-refractivity contribution in [2.75, 3.05) is 16.9 Å². The molecule has 2 amide bonds. The van der Waals surface area contributed by atoms with Crippen molar-refractivity contribution < 1.29 is 14.0 Å². The van der Waals surface area contributed by atoms with Crippen molar-refractivity contribution in [2.45, 2.75) is 26.8 Å². The molecule has 2 heterocycles. The lowest BCUT2D eigenvalue weighted by atomic mass is 10.1. The maximum Gasteiger partial charge on any atom is 0.291 e. The number of carbonyl (C=O) groups is 2. The third-order valence-electron chi connectivity index (χ3n) is 4.36. The summed E-state index contributed by atoms with van der Waals surface area (Å²) in [7, 11) is 0. The first kappa shape index (κ1) is 16.6. The van der Waals surface area contributed by atoms with Gasteiger partial charge in [-0.05, 0) is 44.0 Å². The molecule has 1 fully saturated rings. The van der Waals surface area contributed by atoms with Gasteiger partial charge in [-0.3, -0.25) is 9.59 Å². The van der Waals surface area contributed by atoms with Gasteiger partial charge in [0.15, 0.2) is 5.76 Å². The van der Waals surface area contributed by atoms with Crippen LogP contribution in [0.25, 0.3) is 0 Å². The molecule has 5 nitrogen and oxygen atoms in total. The highest BCUT2D eigenvalue weighted by atomic mass is 32.2. The van der Waals surface area contributed by atoms with E-state index in [1.807, 2.05) is 39.0 Å². The third kappa shape index (κ3) is 3.06. The normalized spacial score (nSPS) is 17.1. The molecular formula is C18H20N2O3S. The van der Waals surface area contributed by atoms with E-state index in [9.17, 15) is 9.59 Å². The van der Waals surface area contributed by atoms with Crippen molar-refractivity contribution in [1.29, 1.82) is 0 Å². The minimum Gasteiger partial charge on any atom is -0.459 e. The lowest BCUT2D eigenvalue weighted by Gasteiger charge is -2.23. The fraction of sp³-hybridized carbons (Fsp3) is 0.333. The highest BCUT2D eigenvalue weighted by molar-refractivity contribution is 7.99. The molecule has 1 aliphatic heterocycles. The minimum atomic E-state index is -0.494. The van der Waals surface area contributed by atoms with Crippen molar-refractivity contribution in [3.05, 3.63) is 53.0 Å². The molecule has 1 saturated heterocycles. The van der Waals surface area contributed by atoms with Gasteiger partial charge in [0.05, 0.1) is 12.1 Å². The van der Waals surface area contributed by atoms with Crippen molar-refractivity contribution in [3.63, 3.8) is 0 Å². The maximum atomic E-state index is 12.7. The van der Waals surface area contributed by atoms with Gasteiger partial charge in [0, 0.05) is 17.0 Å². The predicted octanol–water partition coefficient (Wildman–Crippen LogP) is 3.36. The number of nitrogens with zero attached hydrogens (tertiary/aromatic N) is 1. The van der Waals surface area contributed by atoms with Gasteiger partial charge >= 0.3 is 0 Å². The monoisotopic (exact) mass is 344 g/mol. The molecule has 1 N–H and O–H groups in total. The van der Waals surface area contributed by atoms with E-state index in [2.05, 4.69) is 5.32 Å². The molecule has 0 bridgehead atoms. The van der Waals surface area contributed by atoms with Crippen LogP contribution >= 0.6 is 11.8 Å². The molecule has 1 unspecified atom stereocenters. The Balaban J connectivity index is 1.78. The standard InChI is InChI=1S/C18H20N2O3S/c1-11-5-4-6-14(13(11)3)19-17(21)15-9-24-10-20(15)18(22)16-12(2)7-8-23-16/h4-8,15H,9-10H2,1-3H3,(H,19,21). The summed E-state index contributed by atoms with van der Waals surface area (Å²) < 4.78 is 5.29. The Labute approximate surface area is 145 Å². The first-order valence-electron chi connectivity index (χ1n) is 7.79. The highest BCUT2D eigenvalue weighted by Gasteiger charge is 2.36. The van der Waals surface area contributed by atoms with Gasteiger partial charge in [-0.1, -0.05) is 12.1 Å². The zero-order chi connectivity index (χ0) is 17.3. The number of hydrogen-bond acceptors (Lipinski definition) is 4. The summed E-state index contributed by atoms with van der Waals surface area (Å²) >= 11 is 1.57. The number of furan rings is 1. The summed E-state index contributed by atoms with van der Waals surface area (Å²) in [5, 5.41) is 2.96. The quantitative estimate of drug-likeness (QED) is 0.927. The van der Waals surface area contributed by atoms with Crippen LogP contribution in [0, 0.1) is 20.8 Å². The number of nitrogens with one attached hydrogen (secondary N) is 1. The van der Waals surface area contributed by atoms with Crippen LogP contribution in [0.15, 0.2) is 34.9 Å². The topological polar surface area (TPSA) is 62.6 Å². The summed E-state index contributed by atoms with van der Waals surface area (Å²) in [5.74, 6) is 0.989. The van der Waals surface area contributed by atoms with E-state index >= 15 is 0 Å². The van der Waals surface area contributed by atoms with Gasteiger partial charge in [-0.25, -0.2) is 0 Å². The molecule has 0 spiro atoms. The van der Waals surface area contributed by atoms with Crippen LogP contribution in [0.5, 0.6) is 0 Å². The molecule has 1 aliphatic rings. The molecule has 1 aromatic carbocycles. The minimum absolute atomic E-state index is 0.161. The zero-order valence-corrected chi connectivity index (χ0v) is 14.8. The van der Waals surface area contributed by atoms with Gasteiger partial charge in [0.1, 0.15) is 6.04 Å². The number of thioether (sulfide) groups is 1. The third-order valence-corrected chi connectivity index (χ3v) is 5.38. The van der Waals surface area contributed by atoms with Crippen LogP contribution in [0.4, 0.5) is 5.69 Å². The molecule has 1 atom stereocenters. The zero-order valence-electron chi connectivity index (χ0n) is 14.0. The summed E-state index contributed by atoms with van der Waals surface area (Å²) in [6.45, 7) is 5.81. The van der Waals surface area contributed by atoms with Crippen LogP contribution in [0.2, 0.25) is 0 Å². The van der Waals surface area contributed by atoms with Crippen LogP contribution in [0.3, 0.4) is 0 Å². The van der Waals surface area contributed by atoms with Crippen LogP contribution < -0.4 is 5.32 Å². The summed E-state index contributed by atoms with van der Waals surface area (Å²) in [4.78, 5) is 26.9. The Kier molecular flexibility index (Phi) is 4.66. The molecule has 0 saturated carbocycles. The first-order valence-corrected chi connectivity index (χ1v) is 8.94. The fourth-order valence-electron chi connectivity index (χ4n) is 2.68. The van der Waals surface area contributed by atoms with E-state index in [0.717, 1.165) is 22.4 Å². The van der Waals surface area contributed by atoms with E-state index in [-0.39, 0.29) is 11.8 Å². The molecule has 2 aromatic rings. The smallest absolute Gasteiger partial charge is 0.291 e. The second-order valence-corrected chi connectivity index (χ2v) is 6.96. The van der Waals surface area contributed by atoms with Gasteiger partial charge in [-0.2, -0.15) is 0 Å². The highest BCUT2D eigenvalue weighted by Crippen LogP contribution is 2.26. The number of aryl methyl sites for hydroxylation is 2. The summed E-state index contributed by atoms with van der Waals surface area (Å²) in [5.41, 5.74) is 3.73. The number of carbonyl (C=O) groups excluding carboxylic acids is 2. The number of hydrogen-bond donors (Lipinski definition) is 1. The second kappa shape index (κ2) is 6.73. The average Bonchev–Trinajstić information content (AvgIpc) is 3.20. The fourth-order valence-corrected chi connectivity index (χ4v) is 3.84. The Morgan fingerprint density at radius 3 is 2.71 bits per heavy atom. The lowest BCUT2D eigenvalue weighted by molar-refractivity contribution is -0.119. The molecule has 24 heavy (non-hydrogen) atoms. The van der Waals surface area contributed by atoms with Crippen LogP contribution in [-0.2, 0) is 4.79 Å². The number of benzene rings is 1. The van der Waals surface area contributed by atoms with Gasteiger partial charge < -0.3 is 14.6 Å². The van der Waals surface area contributed by atoms with Crippen molar-refractivity contribution >= 4 is 29.3 Å². The van der Waals surface area contributed by atoms with E-state index in [1.54, 1.807) is 22.7 Å². The average molecular weight is 344 g/mol. The summed E-state index contributed by atoms with van der Waals surface area (Å²) in [6.07, 6.45) is 1.50. The van der Waals surface area contributed by atoms with Crippen molar-refractivity contribution in [1.82, 2.24) is 4.90 Å². The number of rotatable bonds is 3. The molecule has 1 aromatic heterocycles. The molecule has 126 valence electrons. The molecule has 0 radical (unpaired) electrons. The van der Waals surface area contributed by atoms with E-state index in [4.69, 9.17) is 4.42 Å². The molecule has 0 aliphatic carbocycles. The SMILES string of the molecule is Cc1ccoc1C(=O)N1CSCC1C(=O)Nc1cccc(C)c1C. The van der Waals surface area contributed by atoms with Gasteiger partial charge in [0.2, 0.25) is 5.91 Å². The Bertz CT molecular complexity index is 784. The van der Waals surface area contributed by atoms with E-state index < -0.39 is 6.04 Å². The van der Waals surface area contributed by atoms with Crippen LogP contribution in [-0.4, -0.2) is 34.4 Å². The maximum absolute atomic E-state index is 12.7. The molecular weight excluding hydrogens is 324 g/mol. The van der Waals surface area contributed by atoms with Gasteiger partial charge in [0.25, 0.3) is 5.91 Å². The number of amides is 2.